The Balaban J connectivity index is 1.69. The van der Waals surface area contributed by atoms with Gasteiger partial charge in [0.2, 0.25) is 0 Å². The summed E-state index contributed by atoms with van der Waals surface area (Å²) < 4.78 is 7.45. The van der Waals surface area contributed by atoms with E-state index in [1.807, 2.05) is 66.9 Å². The van der Waals surface area contributed by atoms with Gasteiger partial charge in [0, 0.05) is 29.4 Å². The van der Waals surface area contributed by atoms with E-state index < -0.39 is 0 Å². The molecule has 0 atom stereocenters. The lowest BCUT2D eigenvalue weighted by molar-refractivity contribution is 0.101. The summed E-state index contributed by atoms with van der Waals surface area (Å²) in [6.07, 6.45) is 1.63. The largest absolute Gasteiger partial charge is 0.463 e. The lowest BCUT2D eigenvalue weighted by Crippen LogP contribution is -2.17. The summed E-state index contributed by atoms with van der Waals surface area (Å²) in [6, 6.07) is 17.2. The number of amides is 1. The van der Waals surface area contributed by atoms with E-state index in [0.717, 1.165) is 22.3 Å². The molecule has 1 N–H and O–H groups in total. The molecule has 4 nitrogen and oxygen atoms in total. The Labute approximate surface area is 162 Å². The molecular weight excluding hydrogens is 360 g/mol. The third-order valence-electron chi connectivity index (χ3n) is 4.75. The third-order valence-corrected chi connectivity index (χ3v) is 4.99. The van der Waals surface area contributed by atoms with Crippen LogP contribution in [0.5, 0.6) is 0 Å². The van der Waals surface area contributed by atoms with E-state index in [-0.39, 0.29) is 5.91 Å². The van der Waals surface area contributed by atoms with Gasteiger partial charge in [-0.3, -0.25) is 4.79 Å². The van der Waals surface area contributed by atoms with Crippen molar-refractivity contribution in [3.05, 3.63) is 88.3 Å². The number of fused-ring (bicyclic) bond motifs is 1. The van der Waals surface area contributed by atoms with Crippen LogP contribution in [0.3, 0.4) is 0 Å². The summed E-state index contributed by atoms with van der Waals surface area (Å²) in [6.45, 7) is 4.60. The number of hydrogen-bond donors (Lipinski definition) is 1. The molecule has 27 heavy (non-hydrogen) atoms. The highest BCUT2D eigenvalue weighted by molar-refractivity contribution is 6.30. The molecule has 0 spiro atoms. The van der Waals surface area contributed by atoms with Gasteiger partial charge in [-0.2, -0.15) is 0 Å². The molecule has 0 bridgehead atoms. The number of nitrogens with zero attached hydrogens (tertiary/aromatic N) is 1. The molecule has 0 saturated carbocycles. The van der Waals surface area contributed by atoms with Crippen LogP contribution in [0, 0.1) is 13.8 Å². The Morgan fingerprint density at radius 3 is 2.70 bits per heavy atom. The highest BCUT2D eigenvalue weighted by atomic mass is 35.5. The number of carbonyl (C=O) groups excluding carboxylic acids is 1. The van der Waals surface area contributed by atoms with E-state index in [1.165, 1.54) is 5.56 Å². The first kappa shape index (κ1) is 17.4. The van der Waals surface area contributed by atoms with Crippen LogP contribution in [0.15, 0.2) is 65.3 Å². The lowest BCUT2D eigenvalue weighted by Gasteiger charge is -2.12. The van der Waals surface area contributed by atoms with E-state index >= 15 is 0 Å². The summed E-state index contributed by atoms with van der Waals surface area (Å²) in [4.78, 5) is 13.0. The molecule has 4 aromatic rings. The minimum absolute atomic E-state index is 0.174. The molecule has 1 amide bonds. The van der Waals surface area contributed by atoms with Crippen molar-refractivity contribution in [1.29, 1.82) is 0 Å². The van der Waals surface area contributed by atoms with Crippen LogP contribution in [0.4, 0.5) is 5.69 Å². The molecule has 2 aromatic carbocycles. The number of aryl methyl sites for hydroxylation is 2. The average Bonchev–Trinajstić information content (AvgIpc) is 3.21. The third kappa shape index (κ3) is 3.49. The molecule has 2 heterocycles. The monoisotopic (exact) mass is 378 g/mol. The fourth-order valence-corrected chi connectivity index (χ4v) is 3.38. The molecule has 0 aliphatic rings. The SMILES string of the molecule is Cc1ccc(NC(=O)c2cc3occc3n2Cc2cccc(Cl)c2)cc1C. The van der Waals surface area contributed by atoms with Crippen LogP contribution in [0.25, 0.3) is 11.1 Å². The summed E-state index contributed by atoms with van der Waals surface area (Å²) in [7, 11) is 0. The Hall–Kier alpha value is -2.98. The van der Waals surface area contributed by atoms with E-state index in [2.05, 4.69) is 5.32 Å². The van der Waals surface area contributed by atoms with Gasteiger partial charge in [-0.15, -0.1) is 0 Å². The van der Waals surface area contributed by atoms with Crippen molar-refractivity contribution in [3.63, 3.8) is 0 Å². The van der Waals surface area contributed by atoms with Crippen molar-refractivity contribution >= 4 is 34.3 Å². The summed E-state index contributed by atoms with van der Waals surface area (Å²) in [5.41, 5.74) is 6.22. The number of carbonyl (C=O) groups is 1. The first-order chi connectivity index (χ1) is 13.0. The number of halogens is 1. The van der Waals surface area contributed by atoms with E-state index in [1.54, 1.807) is 12.3 Å². The highest BCUT2D eigenvalue weighted by Crippen LogP contribution is 2.24. The van der Waals surface area contributed by atoms with Gasteiger partial charge in [-0.05, 0) is 54.8 Å². The Morgan fingerprint density at radius 2 is 1.93 bits per heavy atom. The van der Waals surface area contributed by atoms with Crippen LogP contribution >= 0.6 is 11.6 Å². The van der Waals surface area contributed by atoms with Gasteiger partial charge >= 0.3 is 0 Å². The number of nitrogens with one attached hydrogen (secondary N) is 1. The zero-order chi connectivity index (χ0) is 19.0. The predicted octanol–water partition coefficient (Wildman–Crippen LogP) is 5.81. The number of hydrogen-bond acceptors (Lipinski definition) is 2. The molecule has 0 fully saturated rings. The van der Waals surface area contributed by atoms with E-state index in [9.17, 15) is 4.79 Å². The van der Waals surface area contributed by atoms with Crippen molar-refractivity contribution in [2.24, 2.45) is 0 Å². The van der Waals surface area contributed by atoms with E-state index in [4.69, 9.17) is 16.0 Å². The molecule has 4 rings (SSSR count). The maximum atomic E-state index is 13.0. The molecule has 0 unspecified atom stereocenters. The number of rotatable bonds is 4. The van der Waals surface area contributed by atoms with Crippen molar-refractivity contribution < 1.29 is 9.21 Å². The first-order valence-electron chi connectivity index (χ1n) is 8.71. The average molecular weight is 379 g/mol. The number of anilines is 1. The Kier molecular flexibility index (Phi) is 4.50. The van der Waals surface area contributed by atoms with Gasteiger partial charge in [0.1, 0.15) is 5.69 Å². The van der Waals surface area contributed by atoms with Gasteiger partial charge < -0.3 is 14.3 Å². The van der Waals surface area contributed by atoms with Crippen LogP contribution < -0.4 is 5.32 Å². The fraction of sp³-hybridized carbons (Fsp3) is 0.136. The van der Waals surface area contributed by atoms with Crippen LogP contribution in [-0.2, 0) is 6.54 Å². The molecule has 0 aliphatic carbocycles. The highest BCUT2D eigenvalue weighted by Gasteiger charge is 2.18. The molecular formula is C22H19ClN2O2. The number of benzene rings is 2. The van der Waals surface area contributed by atoms with Crippen molar-refractivity contribution in [2.45, 2.75) is 20.4 Å². The van der Waals surface area contributed by atoms with Crippen LogP contribution in [-0.4, -0.2) is 10.5 Å². The first-order valence-corrected chi connectivity index (χ1v) is 9.09. The molecule has 2 aromatic heterocycles. The fourth-order valence-electron chi connectivity index (χ4n) is 3.17. The van der Waals surface area contributed by atoms with Gasteiger partial charge in [0.05, 0.1) is 11.8 Å². The zero-order valence-corrected chi connectivity index (χ0v) is 15.9. The van der Waals surface area contributed by atoms with Gasteiger partial charge in [0.15, 0.2) is 5.58 Å². The minimum Gasteiger partial charge on any atom is -0.463 e. The minimum atomic E-state index is -0.174. The predicted molar refractivity (Wildman–Crippen MR) is 109 cm³/mol. The quantitative estimate of drug-likeness (QED) is 0.487. The van der Waals surface area contributed by atoms with E-state index in [0.29, 0.717) is 22.8 Å². The lowest BCUT2D eigenvalue weighted by atomic mass is 10.1. The second-order valence-electron chi connectivity index (χ2n) is 6.67. The maximum absolute atomic E-state index is 13.0. The smallest absolute Gasteiger partial charge is 0.272 e. The van der Waals surface area contributed by atoms with Gasteiger partial charge in [-0.1, -0.05) is 29.8 Å². The van der Waals surface area contributed by atoms with Crippen molar-refractivity contribution in [1.82, 2.24) is 4.57 Å². The normalized spacial score (nSPS) is 11.1. The second kappa shape index (κ2) is 6.97. The van der Waals surface area contributed by atoms with Crippen molar-refractivity contribution in [2.75, 3.05) is 5.32 Å². The molecule has 136 valence electrons. The van der Waals surface area contributed by atoms with Gasteiger partial charge in [-0.25, -0.2) is 0 Å². The summed E-state index contributed by atoms with van der Waals surface area (Å²) in [5, 5.41) is 3.66. The van der Waals surface area contributed by atoms with Crippen LogP contribution in [0.1, 0.15) is 27.2 Å². The number of aromatic nitrogens is 1. The molecule has 0 aliphatic heterocycles. The second-order valence-corrected chi connectivity index (χ2v) is 7.11. The molecule has 0 saturated heterocycles. The maximum Gasteiger partial charge on any atom is 0.272 e. The van der Waals surface area contributed by atoms with Crippen LogP contribution in [0.2, 0.25) is 5.02 Å². The zero-order valence-electron chi connectivity index (χ0n) is 15.1. The Morgan fingerprint density at radius 1 is 1.07 bits per heavy atom. The summed E-state index contributed by atoms with van der Waals surface area (Å²) in [5.74, 6) is -0.174. The molecule has 0 radical (unpaired) electrons. The van der Waals surface area contributed by atoms with Gasteiger partial charge in [0.25, 0.3) is 5.91 Å². The Bertz CT molecular complexity index is 1140. The standard InChI is InChI=1S/C22H19ClN2O2/c1-14-6-7-18(10-15(14)2)24-22(26)20-12-21-19(8-9-27-21)25(20)13-16-4-3-5-17(23)11-16/h3-12H,13H2,1-2H3,(H,24,26). The molecule has 5 heteroatoms. The summed E-state index contributed by atoms with van der Waals surface area (Å²) >= 11 is 6.11. The number of furan rings is 1. The van der Waals surface area contributed by atoms with Crippen molar-refractivity contribution in [3.8, 4) is 0 Å². The topological polar surface area (TPSA) is 47.2 Å².